The van der Waals surface area contributed by atoms with Crippen LogP contribution in [-0.2, 0) is 0 Å². The first-order valence-corrected chi connectivity index (χ1v) is 11.7. The number of phenolic OH excluding ortho intramolecular Hbond substituents is 1. The second-order valence-corrected chi connectivity index (χ2v) is 8.82. The van der Waals surface area contributed by atoms with Crippen molar-refractivity contribution in [1.29, 1.82) is 0 Å². The summed E-state index contributed by atoms with van der Waals surface area (Å²) in [5.74, 6) is 0.259. The Bertz CT molecular complexity index is 1200. The number of pyridine rings is 1. The fourth-order valence-corrected chi connectivity index (χ4v) is 4.39. The van der Waals surface area contributed by atoms with Gasteiger partial charge in [-0.15, -0.1) is 0 Å². The fourth-order valence-electron chi connectivity index (χ4n) is 4.39. The Labute approximate surface area is 201 Å². The number of aromatic nitrogens is 1. The average Bonchev–Trinajstić information content (AvgIpc) is 2.82. The van der Waals surface area contributed by atoms with Crippen molar-refractivity contribution in [3.63, 3.8) is 0 Å². The van der Waals surface area contributed by atoms with Crippen LogP contribution in [0.3, 0.4) is 0 Å². The second-order valence-electron chi connectivity index (χ2n) is 8.82. The van der Waals surface area contributed by atoms with Crippen molar-refractivity contribution in [3.8, 4) is 5.75 Å². The molecule has 1 fully saturated rings. The predicted molar refractivity (Wildman–Crippen MR) is 140 cm³/mol. The van der Waals surface area contributed by atoms with Crippen LogP contribution in [0.2, 0.25) is 0 Å². The summed E-state index contributed by atoms with van der Waals surface area (Å²) in [6.45, 7) is 14.4. The highest BCUT2D eigenvalue weighted by Gasteiger charge is 2.22. The van der Waals surface area contributed by atoms with Gasteiger partial charge < -0.3 is 25.2 Å². The third-order valence-electron chi connectivity index (χ3n) is 6.28. The third-order valence-corrected chi connectivity index (χ3v) is 6.28. The molecule has 3 heterocycles. The highest BCUT2D eigenvalue weighted by atomic mass is 16.3. The van der Waals surface area contributed by atoms with Crippen molar-refractivity contribution in [3.05, 3.63) is 94.8 Å². The predicted octanol–water partition coefficient (Wildman–Crippen LogP) is 4.31. The largest absolute Gasteiger partial charge is 0.506 e. The molecule has 3 N–H and O–H groups in total. The molecule has 4 rings (SSSR count). The minimum absolute atomic E-state index is 0.154. The molecule has 2 aliphatic rings. The number of hydrogen-bond acceptors (Lipinski definition) is 6. The van der Waals surface area contributed by atoms with E-state index in [1.165, 1.54) is 0 Å². The van der Waals surface area contributed by atoms with Crippen molar-refractivity contribution < 1.29 is 5.11 Å². The zero-order valence-corrected chi connectivity index (χ0v) is 20.1. The summed E-state index contributed by atoms with van der Waals surface area (Å²) in [6.07, 6.45) is 9.37. The van der Waals surface area contributed by atoms with Crippen molar-refractivity contribution in [2.75, 3.05) is 36.4 Å². The molecule has 1 aromatic heterocycles. The smallest absolute Gasteiger partial charge is 0.248 e. The van der Waals surface area contributed by atoms with Gasteiger partial charge in [0.2, 0.25) is 5.56 Å². The molecule has 0 atom stereocenters. The summed E-state index contributed by atoms with van der Waals surface area (Å²) < 4.78 is 0. The van der Waals surface area contributed by atoms with Gasteiger partial charge in [-0.2, -0.15) is 0 Å². The summed E-state index contributed by atoms with van der Waals surface area (Å²) >= 11 is 0. The first-order valence-electron chi connectivity index (χ1n) is 11.7. The number of piperazine rings is 1. The van der Waals surface area contributed by atoms with Gasteiger partial charge in [0.25, 0.3) is 0 Å². The first kappa shape index (κ1) is 23.4. The Morgan fingerprint density at radius 2 is 1.88 bits per heavy atom. The van der Waals surface area contributed by atoms with E-state index in [4.69, 9.17) is 0 Å². The van der Waals surface area contributed by atoms with Crippen molar-refractivity contribution >= 4 is 17.1 Å². The molecule has 0 unspecified atom stereocenters. The molecular weight excluding hydrogens is 426 g/mol. The Morgan fingerprint density at radius 1 is 1.12 bits per heavy atom. The summed E-state index contributed by atoms with van der Waals surface area (Å²) in [7, 11) is 0. The summed E-state index contributed by atoms with van der Waals surface area (Å²) in [5.41, 5.74) is 4.70. The number of H-pyrrole nitrogens is 1. The maximum atomic E-state index is 11.8. The number of phenols is 1. The molecular formula is C27H33N5O2. The molecule has 0 saturated carbocycles. The molecule has 0 bridgehead atoms. The van der Waals surface area contributed by atoms with E-state index in [0.29, 0.717) is 6.04 Å². The summed E-state index contributed by atoms with van der Waals surface area (Å²) in [6, 6.07) is 9.68. The van der Waals surface area contributed by atoms with Crippen molar-refractivity contribution in [1.82, 2.24) is 14.8 Å². The van der Waals surface area contributed by atoms with Crippen LogP contribution < -0.4 is 15.8 Å². The molecule has 0 spiro atoms. The number of rotatable bonds is 6. The zero-order valence-electron chi connectivity index (χ0n) is 20.1. The van der Waals surface area contributed by atoms with Crippen LogP contribution in [0.5, 0.6) is 5.75 Å². The van der Waals surface area contributed by atoms with Crippen LogP contribution in [0.4, 0.5) is 11.4 Å². The lowest BCUT2D eigenvalue weighted by atomic mass is 10.1. The van der Waals surface area contributed by atoms with E-state index in [2.05, 4.69) is 40.5 Å². The lowest BCUT2D eigenvalue weighted by Crippen LogP contribution is -2.48. The van der Waals surface area contributed by atoms with Crippen LogP contribution in [0, 0.1) is 0 Å². The minimum atomic E-state index is -0.154. The van der Waals surface area contributed by atoms with E-state index in [1.807, 2.05) is 54.5 Å². The van der Waals surface area contributed by atoms with Crippen LogP contribution >= 0.6 is 0 Å². The van der Waals surface area contributed by atoms with Gasteiger partial charge in [-0.25, -0.2) is 0 Å². The number of allylic oxidation sites excluding steroid dienone is 3. The molecule has 7 nitrogen and oxygen atoms in total. The number of anilines is 2. The maximum Gasteiger partial charge on any atom is 0.248 e. The fraction of sp³-hybridized carbons (Fsp3) is 0.296. The second kappa shape index (κ2) is 10.1. The van der Waals surface area contributed by atoms with Gasteiger partial charge in [-0.05, 0) is 51.1 Å². The molecule has 0 aliphatic carbocycles. The summed E-state index contributed by atoms with van der Waals surface area (Å²) in [5, 5.41) is 14.1. The van der Waals surface area contributed by atoms with Crippen LogP contribution in [0.1, 0.15) is 26.3 Å². The van der Waals surface area contributed by atoms with E-state index >= 15 is 0 Å². The molecule has 7 heteroatoms. The number of aromatic hydroxyl groups is 1. The van der Waals surface area contributed by atoms with Gasteiger partial charge in [0.1, 0.15) is 5.75 Å². The number of aromatic amines is 1. The molecule has 178 valence electrons. The van der Waals surface area contributed by atoms with Crippen LogP contribution in [0.25, 0.3) is 5.70 Å². The standard InChI is InChI=1S/C27H33N5O2/c1-5-12-32-20(4)23(7-9-24(32)21-10-11-28-27(34)17-21)29-22-6-8-25(26(33)18-22)31-15-13-30(14-16-31)19(2)3/h5-12,17-19,29,33H,4,13-16H2,1-3H3,(H,28,34)/b12-5-. The van der Waals surface area contributed by atoms with E-state index in [0.717, 1.165) is 60.2 Å². The molecule has 34 heavy (non-hydrogen) atoms. The maximum absolute atomic E-state index is 11.8. The normalized spacial score (nSPS) is 17.4. The van der Waals surface area contributed by atoms with E-state index in [1.54, 1.807) is 18.3 Å². The highest BCUT2D eigenvalue weighted by Crippen LogP contribution is 2.34. The topological polar surface area (TPSA) is 74.8 Å². The van der Waals surface area contributed by atoms with Gasteiger partial charge in [0, 0.05) is 68.0 Å². The van der Waals surface area contributed by atoms with Crippen LogP contribution in [-0.4, -0.2) is 52.1 Å². The van der Waals surface area contributed by atoms with Gasteiger partial charge in [-0.1, -0.05) is 12.7 Å². The van der Waals surface area contributed by atoms with E-state index < -0.39 is 0 Å². The summed E-state index contributed by atoms with van der Waals surface area (Å²) in [4.78, 5) is 21.1. The first-order chi connectivity index (χ1) is 16.4. The van der Waals surface area contributed by atoms with Crippen molar-refractivity contribution in [2.24, 2.45) is 0 Å². The zero-order chi connectivity index (χ0) is 24.2. The van der Waals surface area contributed by atoms with E-state index in [9.17, 15) is 9.90 Å². The molecule has 1 aromatic carbocycles. The molecule has 2 aromatic rings. The minimum Gasteiger partial charge on any atom is -0.506 e. The highest BCUT2D eigenvalue weighted by molar-refractivity contribution is 5.74. The lowest BCUT2D eigenvalue weighted by molar-refractivity contribution is 0.209. The number of hydrogen-bond donors (Lipinski definition) is 3. The van der Waals surface area contributed by atoms with Crippen molar-refractivity contribution in [2.45, 2.75) is 26.8 Å². The number of nitrogens with zero attached hydrogens (tertiary/aromatic N) is 3. The lowest BCUT2D eigenvalue weighted by Gasteiger charge is -2.38. The van der Waals surface area contributed by atoms with Crippen LogP contribution in [0.15, 0.2) is 83.7 Å². The number of benzene rings is 1. The number of nitrogens with one attached hydrogen (secondary N) is 2. The van der Waals surface area contributed by atoms with Gasteiger partial charge in [0.05, 0.1) is 22.8 Å². The Kier molecular flexibility index (Phi) is 6.93. The Balaban J connectivity index is 1.53. The molecule has 0 amide bonds. The third kappa shape index (κ3) is 4.94. The van der Waals surface area contributed by atoms with Gasteiger partial charge >= 0.3 is 0 Å². The Morgan fingerprint density at radius 3 is 2.53 bits per heavy atom. The molecule has 2 aliphatic heterocycles. The average molecular weight is 460 g/mol. The SMILES string of the molecule is C=C1C(Nc2ccc(N3CCN(C(C)C)CC3)c(O)c2)=CC=C(c2cc[nH]c(=O)c2)N1/C=C\C. The molecule has 0 radical (unpaired) electrons. The van der Waals surface area contributed by atoms with Gasteiger partial charge in [0.15, 0.2) is 0 Å². The quantitative estimate of drug-likeness (QED) is 0.598. The van der Waals surface area contributed by atoms with E-state index in [-0.39, 0.29) is 11.3 Å². The Hall–Kier alpha value is -3.71. The monoisotopic (exact) mass is 459 g/mol. The van der Waals surface area contributed by atoms with Gasteiger partial charge in [-0.3, -0.25) is 9.69 Å². The molecule has 1 saturated heterocycles.